The molecule has 4 nitrogen and oxygen atoms in total. The lowest BCUT2D eigenvalue weighted by Crippen LogP contribution is -2.09. The van der Waals surface area contributed by atoms with Gasteiger partial charge in [0.15, 0.2) is 11.5 Å². The van der Waals surface area contributed by atoms with Crippen molar-refractivity contribution in [3.05, 3.63) is 23.3 Å². The number of thioether (sulfide) groups is 1. The highest BCUT2D eigenvalue weighted by molar-refractivity contribution is 7.99. The van der Waals surface area contributed by atoms with Gasteiger partial charge in [0.25, 0.3) is 0 Å². The van der Waals surface area contributed by atoms with E-state index in [9.17, 15) is 4.79 Å². The Kier molecular flexibility index (Phi) is 6.71. The summed E-state index contributed by atoms with van der Waals surface area (Å²) in [7, 11) is 4.67. The zero-order valence-electron chi connectivity index (χ0n) is 12.7. The molecule has 0 amide bonds. The van der Waals surface area contributed by atoms with Gasteiger partial charge in [0.2, 0.25) is 0 Å². The molecule has 0 fully saturated rings. The highest BCUT2D eigenvalue weighted by Gasteiger charge is 2.12. The van der Waals surface area contributed by atoms with Crippen molar-refractivity contribution in [3.63, 3.8) is 0 Å². The van der Waals surface area contributed by atoms with E-state index in [0.29, 0.717) is 6.42 Å². The third kappa shape index (κ3) is 4.63. The third-order valence-corrected chi connectivity index (χ3v) is 4.26. The molecular weight excluding hydrogens is 276 g/mol. The number of ether oxygens (including phenoxy) is 3. The Morgan fingerprint density at radius 2 is 1.80 bits per heavy atom. The van der Waals surface area contributed by atoms with E-state index in [1.165, 1.54) is 12.7 Å². The van der Waals surface area contributed by atoms with E-state index in [0.717, 1.165) is 22.8 Å². The number of aryl methyl sites for hydroxylation is 1. The van der Waals surface area contributed by atoms with Crippen molar-refractivity contribution in [1.29, 1.82) is 0 Å². The summed E-state index contributed by atoms with van der Waals surface area (Å²) in [5, 5.41) is 0.218. The number of methoxy groups -OCH3 is 3. The first-order chi connectivity index (χ1) is 9.51. The molecule has 0 heterocycles. The van der Waals surface area contributed by atoms with Crippen LogP contribution in [0.15, 0.2) is 12.1 Å². The van der Waals surface area contributed by atoms with Gasteiger partial charge in [-0.2, -0.15) is 11.8 Å². The lowest BCUT2D eigenvalue weighted by molar-refractivity contribution is -0.140. The molecule has 1 atom stereocenters. The van der Waals surface area contributed by atoms with Crippen molar-refractivity contribution in [2.45, 2.75) is 31.3 Å². The molecule has 112 valence electrons. The van der Waals surface area contributed by atoms with Gasteiger partial charge in [0, 0.05) is 11.0 Å². The van der Waals surface area contributed by atoms with Crippen LogP contribution in [0.2, 0.25) is 0 Å². The number of hydrogen-bond donors (Lipinski definition) is 0. The van der Waals surface area contributed by atoms with Crippen LogP contribution in [0.1, 0.15) is 24.5 Å². The van der Waals surface area contributed by atoms with Crippen LogP contribution in [0.4, 0.5) is 0 Å². The fourth-order valence-electron chi connectivity index (χ4n) is 1.79. The highest BCUT2D eigenvalue weighted by Crippen LogP contribution is 2.32. The number of rotatable bonds is 7. The molecule has 0 aliphatic rings. The molecule has 0 aliphatic heterocycles. The summed E-state index contributed by atoms with van der Waals surface area (Å²) in [6.45, 7) is 4.07. The number of benzene rings is 1. The maximum absolute atomic E-state index is 11.2. The maximum atomic E-state index is 11.2. The predicted octanol–water partition coefficient (Wildman–Crippen LogP) is 3.20. The second kappa shape index (κ2) is 8.04. The van der Waals surface area contributed by atoms with Crippen LogP contribution >= 0.6 is 11.8 Å². The Balaban J connectivity index is 2.70. The van der Waals surface area contributed by atoms with Crippen molar-refractivity contribution >= 4 is 17.7 Å². The number of carbonyl (C=O) groups excluding carboxylic acids is 1. The van der Waals surface area contributed by atoms with E-state index in [2.05, 4.69) is 4.74 Å². The van der Waals surface area contributed by atoms with Crippen LogP contribution in [0, 0.1) is 6.92 Å². The van der Waals surface area contributed by atoms with E-state index in [1.807, 2.05) is 26.0 Å². The van der Waals surface area contributed by atoms with Gasteiger partial charge >= 0.3 is 5.97 Å². The van der Waals surface area contributed by atoms with Gasteiger partial charge in [0.05, 0.1) is 27.8 Å². The summed E-state index contributed by atoms with van der Waals surface area (Å²) in [6.07, 6.45) is 0.424. The summed E-state index contributed by atoms with van der Waals surface area (Å²) in [5.74, 6) is 2.12. The van der Waals surface area contributed by atoms with Gasteiger partial charge < -0.3 is 14.2 Å². The average molecular weight is 298 g/mol. The second-order valence-corrected chi connectivity index (χ2v) is 5.96. The third-order valence-electron chi connectivity index (χ3n) is 3.05. The average Bonchev–Trinajstić information content (AvgIpc) is 2.45. The zero-order valence-corrected chi connectivity index (χ0v) is 13.5. The van der Waals surface area contributed by atoms with E-state index < -0.39 is 0 Å². The first-order valence-corrected chi connectivity index (χ1v) is 7.46. The molecule has 0 aliphatic carbocycles. The molecule has 1 rings (SSSR count). The van der Waals surface area contributed by atoms with Gasteiger partial charge in [0.1, 0.15) is 0 Å². The summed E-state index contributed by atoms with van der Waals surface area (Å²) < 4.78 is 15.3. The van der Waals surface area contributed by atoms with E-state index in [-0.39, 0.29) is 11.2 Å². The Bertz CT molecular complexity index is 459. The molecule has 0 radical (unpaired) electrons. The van der Waals surface area contributed by atoms with Crippen molar-refractivity contribution < 1.29 is 19.0 Å². The molecule has 0 saturated heterocycles. The molecule has 0 bridgehead atoms. The molecule has 1 aromatic rings. The van der Waals surface area contributed by atoms with Crippen LogP contribution in [0.3, 0.4) is 0 Å². The SMILES string of the molecule is COC(=O)CC(C)SCc1cc(OC)c(OC)cc1C. The number of carbonyl (C=O) groups is 1. The van der Waals surface area contributed by atoms with Gasteiger partial charge in [-0.15, -0.1) is 0 Å². The Labute approximate surface area is 124 Å². The molecular formula is C15H22O4S. The first kappa shape index (κ1) is 16.7. The second-order valence-electron chi connectivity index (χ2n) is 4.54. The van der Waals surface area contributed by atoms with Crippen LogP contribution in [0.5, 0.6) is 11.5 Å². The molecule has 0 N–H and O–H groups in total. The molecule has 20 heavy (non-hydrogen) atoms. The molecule has 1 unspecified atom stereocenters. The van der Waals surface area contributed by atoms with Crippen LogP contribution in [-0.2, 0) is 15.3 Å². The molecule has 1 aromatic carbocycles. The lowest BCUT2D eigenvalue weighted by atomic mass is 10.1. The van der Waals surface area contributed by atoms with Crippen molar-refractivity contribution in [2.24, 2.45) is 0 Å². The molecule has 0 saturated carbocycles. The molecule has 0 aromatic heterocycles. The van der Waals surface area contributed by atoms with Crippen LogP contribution < -0.4 is 9.47 Å². The largest absolute Gasteiger partial charge is 0.493 e. The van der Waals surface area contributed by atoms with Gasteiger partial charge in [-0.3, -0.25) is 4.79 Å². The van der Waals surface area contributed by atoms with Crippen molar-refractivity contribution in [2.75, 3.05) is 21.3 Å². The van der Waals surface area contributed by atoms with Crippen molar-refractivity contribution in [3.8, 4) is 11.5 Å². The van der Waals surface area contributed by atoms with E-state index in [1.54, 1.807) is 26.0 Å². The Morgan fingerprint density at radius 1 is 1.20 bits per heavy atom. The van der Waals surface area contributed by atoms with E-state index >= 15 is 0 Å². The van der Waals surface area contributed by atoms with Crippen LogP contribution in [0.25, 0.3) is 0 Å². The normalized spacial score (nSPS) is 11.8. The fourth-order valence-corrected chi connectivity index (χ4v) is 2.82. The lowest BCUT2D eigenvalue weighted by Gasteiger charge is -2.14. The molecule has 5 heteroatoms. The smallest absolute Gasteiger partial charge is 0.306 e. The minimum Gasteiger partial charge on any atom is -0.493 e. The quantitative estimate of drug-likeness (QED) is 0.723. The van der Waals surface area contributed by atoms with Gasteiger partial charge in [-0.1, -0.05) is 6.92 Å². The predicted molar refractivity (Wildman–Crippen MR) is 81.7 cm³/mol. The number of hydrogen-bond acceptors (Lipinski definition) is 5. The molecule has 0 spiro atoms. The fraction of sp³-hybridized carbons (Fsp3) is 0.533. The monoisotopic (exact) mass is 298 g/mol. The topological polar surface area (TPSA) is 44.8 Å². The maximum Gasteiger partial charge on any atom is 0.306 e. The van der Waals surface area contributed by atoms with Crippen LogP contribution in [-0.4, -0.2) is 32.5 Å². The first-order valence-electron chi connectivity index (χ1n) is 6.41. The summed E-state index contributed by atoms with van der Waals surface area (Å²) in [6, 6.07) is 3.96. The van der Waals surface area contributed by atoms with Crippen molar-refractivity contribution in [1.82, 2.24) is 0 Å². The Morgan fingerprint density at radius 3 is 2.35 bits per heavy atom. The zero-order chi connectivity index (χ0) is 15.1. The summed E-state index contributed by atoms with van der Waals surface area (Å²) in [4.78, 5) is 11.2. The highest BCUT2D eigenvalue weighted by atomic mass is 32.2. The minimum atomic E-state index is -0.172. The standard InChI is InChI=1S/C15H22O4S/c1-10-6-13(17-3)14(18-4)8-12(10)9-20-11(2)7-15(16)19-5/h6,8,11H,7,9H2,1-5H3. The number of esters is 1. The summed E-state index contributed by atoms with van der Waals surface area (Å²) in [5.41, 5.74) is 2.34. The van der Waals surface area contributed by atoms with E-state index in [4.69, 9.17) is 9.47 Å². The van der Waals surface area contributed by atoms with Gasteiger partial charge in [-0.25, -0.2) is 0 Å². The summed E-state index contributed by atoms with van der Waals surface area (Å²) >= 11 is 1.72. The van der Waals surface area contributed by atoms with Gasteiger partial charge in [-0.05, 0) is 30.2 Å². The Hall–Kier alpha value is -1.36. The minimum absolute atomic E-state index is 0.172.